The molecule has 3 rings (SSSR count). The number of carbonyl (C=O) groups excluding carboxylic acids is 2. The third-order valence-corrected chi connectivity index (χ3v) is 6.41. The van der Waals surface area contributed by atoms with Crippen LogP contribution >= 0.6 is 0 Å². The van der Waals surface area contributed by atoms with Crippen molar-refractivity contribution in [3.8, 4) is 0 Å². The summed E-state index contributed by atoms with van der Waals surface area (Å²) in [6.45, 7) is 6.26. The first-order chi connectivity index (χ1) is 15.6. The molecule has 10 heteroatoms. The van der Waals surface area contributed by atoms with Crippen molar-refractivity contribution < 1.29 is 31.9 Å². The average Bonchev–Trinajstić information content (AvgIpc) is 3.29. The highest BCUT2D eigenvalue weighted by molar-refractivity contribution is 7.89. The highest BCUT2D eigenvalue weighted by Crippen LogP contribution is 2.14. The first-order valence-corrected chi connectivity index (χ1v) is 12.1. The summed E-state index contributed by atoms with van der Waals surface area (Å²) in [5.41, 5.74) is 0.603. The number of hydrogen-bond acceptors (Lipinski definition) is 7. The van der Waals surface area contributed by atoms with Gasteiger partial charge in [0.1, 0.15) is 5.76 Å². The van der Waals surface area contributed by atoms with Crippen molar-refractivity contribution >= 4 is 28.0 Å². The lowest BCUT2D eigenvalue weighted by Gasteiger charge is -2.36. The van der Waals surface area contributed by atoms with Gasteiger partial charge in [0.25, 0.3) is 5.91 Å². The Balaban J connectivity index is 1.52. The minimum Gasteiger partial charge on any atom is -0.468 e. The van der Waals surface area contributed by atoms with Gasteiger partial charge in [0.05, 0.1) is 29.9 Å². The van der Waals surface area contributed by atoms with Gasteiger partial charge < -0.3 is 18.8 Å². The van der Waals surface area contributed by atoms with E-state index in [1.807, 2.05) is 13.8 Å². The predicted octanol–water partition coefficient (Wildman–Crippen LogP) is 2.34. The third kappa shape index (κ3) is 7.01. The fourth-order valence-electron chi connectivity index (χ4n) is 3.46. The summed E-state index contributed by atoms with van der Waals surface area (Å²) >= 11 is 0. The summed E-state index contributed by atoms with van der Waals surface area (Å²) in [6.07, 6.45) is 3.08. The molecule has 33 heavy (non-hydrogen) atoms. The summed E-state index contributed by atoms with van der Waals surface area (Å²) in [4.78, 5) is 26.4. The van der Waals surface area contributed by atoms with Crippen LogP contribution in [0, 0.1) is 0 Å². The number of esters is 1. The van der Waals surface area contributed by atoms with Crippen LogP contribution in [-0.2, 0) is 35.6 Å². The van der Waals surface area contributed by atoms with Crippen LogP contribution in [0.5, 0.6) is 0 Å². The molecule has 1 saturated heterocycles. The molecule has 2 aromatic rings. The van der Waals surface area contributed by atoms with E-state index in [2.05, 4.69) is 4.72 Å². The fourth-order valence-corrected chi connectivity index (χ4v) is 4.46. The van der Waals surface area contributed by atoms with E-state index in [1.165, 1.54) is 37.5 Å². The standard InChI is InChI=1S/C23H28N2O7S/c1-16-14-25(15-17(2)31-16)23(27)18(3)32-22(26)11-8-19-6-9-21(10-7-19)33(28,29)24-13-20-5-4-12-30-20/h4-12,16-18,24H,13-15H2,1-3H3/b11-8+. The number of nitrogens with one attached hydrogen (secondary N) is 1. The Kier molecular flexibility index (Phi) is 8.06. The molecular weight excluding hydrogens is 448 g/mol. The van der Waals surface area contributed by atoms with Gasteiger partial charge in [-0.3, -0.25) is 4.79 Å². The highest BCUT2D eigenvalue weighted by atomic mass is 32.2. The molecule has 1 aromatic carbocycles. The van der Waals surface area contributed by atoms with Gasteiger partial charge in [-0.05, 0) is 56.7 Å². The smallest absolute Gasteiger partial charge is 0.331 e. The van der Waals surface area contributed by atoms with Crippen molar-refractivity contribution in [3.05, 3.63) is 60.1 Å². The van der Waals surface area contributed by atoms with E-state index >= 15 is 0 Å². The van der Waals surface area contributed by atoms with Crippen LogP contribution in [0.4, 0.5) is 0 Å². The zero-order valence-electron chi connectivity index (χ0n) is 18.8. The fraction of sp³-hybridized carbons (Fsp3) is 0.391. The Morgan fingerprint density at radius 2 is 1.85 bits per heavy atom. The second kappa shape index (κ2) is 10.8. The summed E-state index contributed by atoms with van der Waals surface area (Å²) < 4.78 is 43.2. The molecule has 0 aliphatic carbocycles. The van der Waals surface area contributed by atoms with E-state index < -0.39 is 22.1 Å². The minimum atomic E-state index is -3.71. The molecule has 0 bridgehead atoms. The number of benzene rings is 1. The van der Waals surface area contributed by atoms with Crippen molar-refractivity contribution in [2.24, 2.45) is 0 Å². The van der Waals surface area contributed by atoms with Crippen molar-refractivity contribution in [1.82, 2.24) is 9.62 Å². The van der Waals surface area contributed by atoms with E-state index in [4.69, 9.17) is 13.9 Å². The van der Waals surface area contributed by atoms with E-state index in [1.54, 1.807) is 29.2 Å². The number of rotatable bonds is 8. The van der Waals surface area contributed by atoms with Gasteiger partial charge in [-0.15, -0.1) is 0 Å². The maximum atomic E-state index is 12.6. The maximum Gasteiger partial charge on any atom is 0.331 e. The normalized spacial score (nSPS) is 20.0. The van der Waals surface area contributed by atoms with E-state index in [-0.39, 0.29) is 29.6 Å². The summed E-state index contributed by atoms with van der Waals surface area (Å²) in [6, 6.07) is 9.35. The van der Waals surface area contributed by atoms with Crippen LogP contribution in [0.25, 0.3) is 6.08 Å². The quantitative estimate of drug-likeness (QED) is 0.459. The Morgan fingerprint density at radius 3 is 2.45 bits per heavy atom. The first kappa shape index (κ1) is 24.7. The molecule has 0 spiro atoms. The lowest BCUT2D eigenvalue weighted by atomic mass is 10.2. The molecule has 0 radical (unpaired) electrons. The summed E-state index contributed by atoms with van der Waals surface area (Å²) in [5, 5.41) is 0. The molecule has 178 valence electrons. The second-order valence-corrected chi connectivity index (χ2v) is 9.65. The molecule has 3 unspecified atom stereocenters. The Morgan fingerprint density at radius 1 is 1.18 bits per heavy atom. The predicted molar refractivity (Wildman–Crippen MR) is 120 cm³/mol. The molecule has 1 amide bonds. The number of hydrogen-bond donors (Lipinski definition) is 1. The second-order valence-electron chi connectivity index (χ2n) is 7.89. The van der Waals surface area contributed by atoms with Crippen LogP contribution in [0.1, 0.15) is 32.1 Å². The SMILES string of the molecule is CC1CN(C(=O)C(C)OC(=O)/C=C/c2ccc(S(=O)(=O)NCc3ccco3)cc2)CC(C)O1. The number of amides is 1. The van der Waals surface area contributed by atoms with Gasteiger partial charge in [0, 0.05) is 19.2 Å². The van der Waals surface area contributed by atoms with Gasteiger partial charge in [-0.25, -0.2) is 17.9 Å². The monoisotopic (exact) mass is 476 g/mol. The van der Waals surface area contributed by atoms with Gasteiger partial charge in [-0.2, -0.15) is 0 Å². The van der Waals surface area contributed by atoms with Gasteiger partial charge in [0.2, 0.25) is 10.0 Å². The average molecular weight is 477 g/mol. The van der Waals surface area contributed by atoms with Crippen molar-refractivity contribution in [2.45, 2.75) is 50.5 Å². The number of nitrogens with zero attached hydrogens (tertiary/aromatic N) is 1. The summed E-state index contributed by atoms with van der Waals surface area (Å²) in [7, 11) is -3.71. The highest BCUT2D eigenvalue weighted by Gasteiger charge is 2.30. The van der Waals surface area contributed by atoms with Gasteiger partial charge in [-0.1, -0.05) is 12.1 Å². The van der Waals surface area contributed by atoms with Crippen molar-refractivity contribution in [3.63, 3.8) is 0 Å². The Labute approximate surface area is 193 Å². The minimum absolute atomic E-state index is 0.0437. The van der Waals surface area contributed by atoms with E-state index in [0.717, 1.165) is 0 Å². The Hall–Kier alpha value is -2.95. The van der Waals surface area contributed by atoms with Crippen molar-refractivity contribution in [2.75, 3.05) is 13.1 Å². The molecule has 9 nitrogen and oxygen atoms in total. The zero-order valence-corrected chi connectivity index (χ0v) is 19.6. The molecular formula is C23H28N2O7S. The molecule has 2 heterocycles. The van der Waals surface area contributed by atoms with E-state index in [0.29, 0.717) is 24.4 Å². The molecule has 1 aliphatic heterocycles. The molecule has 1 fully saturated rings. The zero-order chi connectivity index (χ0) is 24.0. The van der Waals surface area contributed by atoms with Gasteiger partial charge in [0.15, 0.2) is 6.10 Å². The number of morpholine rings is 1. The number of sulfonamides is 1. The Bertz CT molecular complexity index is 1070. The number of ether oxygens (including phenoxy) is 2. The molecule has 1 aliphatic rings. The lowest BCUT2D eigenvalue weighted by Crippen LogP contribution is -2.51. The molecule has 1 N–H and O–H groups in total. The lowest BCUT2D eigenvalue weighted by molar-refractivity contribution is -0.161. The number of furan rings is 1. The third-order valence-electron chi connectivity index (χ3n) is 4.99. The first-order valence-electron chi connectivity index (χ1n) is 10.6. The van der Waals surface area contributed by atoms with Crippen LogP contribution < -0.4 is 4.72 Å². The molecule has 1 aromatic heterocycles. The van der Waals surface area contributed by atoms with Crippen LogP contribution in [0.3, 0.4) is 0 Å². The van der Waals surface area contributed by atoms with Gasteiger partial charge >= 0.3 is 5.97 Å². The maximum absolute atomic E-state index is 12.6. The van der Waals surface area contributed by atoms with E-state index in [9.17, 15) is 18.0 Å². The van der Waals surface area contributed by atoms with Crippen LogP contribution in [0.15, 0.2) is 58.1 Å². The summed E-state index contributed by atoms with van der Waals surface area (Å²) in [5.74, 6) is -0.431. The number of carbonyl (C=O) groups is 2. The molecule has 0 saturated carbocycles. The topological polar surface area (TPSA) is 115 Å². The van der Waals surface area contributed by atoms with Crippen LogP contribution in [-0.4, -0.2) is 56.6 Å². The molecule has 3 atom stereocenters. The van der Waals surface area contributed by atoms with Crippen molar-refractivity contribution in [1.29, 1.82) is 0 Å². The largest absolute Gasteiger partial charge is 0.468 e. The van der Waals surface area contributed by atoms with Crippen LogP contribution in [0.2, 0.25) is 0 Å².